The molecule has 1 aliphatic rings. The van der Waals surface area contributed by atoms with Crippen molar-refractivity contribution in [2.45, 2.75) is 25.9 Å². The minimum Gasteiger partial charge on any atom is -0.312 e. The van der Waals surface area contributed by atoms with Crippen LogP contribution in [0.2, 0.25) is 5.02 Å². The highest BCUT2D eigenvalue weighted by Crippen LogP contribution is 2.31. The van der Waals surface area contributed by atoms with Gasteiger partial charge in [-0.2, -0.15) is 0 Å². The first-order valence-corrected chi connectivity index (χ1v) is 8.09. The standard InChI is InChI=1S/C17H17ClN4O/c1-10-3-2-4-13(15(10)18)11-7-14-16(20-8-11)21-17(23)22(14)9-12-5-6-19-12/h2-4,7-8,12,19H,5-6,9H2,1H3,(H,20,21,23). The van der Waals surface area contributed by atoms with E-state index >= 15 is 0 Å². The fourth-order valence-electron chi connectivity index (χ4n) is 2.96. The van der Waals surface area contributed by atoms with Crippen molar-refractivity contribution in [1.82, 2.24) is 19.9 Å². The zero-order valence-electron chi connectivity index (χ0n) is 12.8. The zero-order chi connectivity index (χ0) is 16.0. The van der Waals surface area contributed by atoms with Gasteiger partial charge in [0.05, 0.1) is 10.5 Å². The van der Waals surface area contributed by atoms with Crippen LogP contribution in [0.3, 0.4) is 0 Å². The summed E-state index contributed by atoms with van der Waals surface area (Å²) in [5.74, 6) is 0. The molecule has 4 rings (SSSR count). The molecule has 5 nitrogen and oxygen atoms in total. The maximum absolute atomic E-state index is 12.2. The van der Waals surface area contributed by atoms with Gasteiger partial charge in [-0.15, -0.1) is 0 Å². The van der Waals surface area contributed by atoms with Gasteiger partial charge < -0.3 is 5.32 Å². The van der Waals surface area contributed by atoms with Crippen LogP contribution < -0.4 is 11.0 Å². The quantitative estimate of drug-likeness (QED) is 0.777. The van der Waals surface area contributed by atoms with Crippen LogP contribution in [0.4, 0.5) is 0 Å². The fourth-order valence-corrected chi connectivity index (χ4v) is 3.19. The van der Waals surface area contributed by atoms with Gasteiger partial charge in [-0.3, -0.25) is 9.55 Å². The number of nitrogens with zero attached hydrogens (tertiary/aromatic N) is 2. The number of hydrogen-bond acceptors (Lipinski definition) is 3. The summed E-state index contributed by atoms with van der Waals surface area (Å²) in [5, 5.41) is 4.04. The number of benzene rings is 1. The summed E-state index contributed by atoms with van der Waals surface area (Å²) in [4.78, 5) is 19.4. The zero-order valence-corrected chi connectivity index (χ0v) is 13.5. The smallest absolute Gasteiger partial charge is 0.312 e. The van der Waals surface area contributed by atoms with Crippen LogP contribution in [0.1, 0.15) is 12.0 Å². The van der Waals surface area contributed by atoms with Crippen LogP contribution in [-0.2, 0) is 6.54 Å². The molecule has 2 N–H and O–H groups in total. The Morgan fingerprint density at radius 2 is 2.26 bits per heavy atom. The van der Waals surface area contributed by atoms with Crippen molar-refractivity contribution < 1.29 is 0 Å². The third kappa shape index (κ3) is 2.46. The van der Waals surface area contributed by atoms with E-state index < -0.39 is 0 Å². The number of pyridine rings is 1. The number of imidazole rings is 1. The molecule has 118 valence electrons. The van der Waals surface area contributed by atoms with Gasteiger partial charge in [-0.25, -0.2) is 9.78 Å². The Balaban J connectivity index is 1.84. The summed E-state index contributed by atoms with van der Waals surface area (Å²) < 4.78 is 1.76. The van der Waals surface area contributed by atoms with Crippen molar-refractivity contribution in [3.05, 3.63) is 51.5 Å². The highest BCUT2D eigenvalue weighted by molar-refractivity contribution is 6.34. The van der Waals surface area contributed by atoms with E-state index in [1.807, 2.05) is 31.2 Å². The Hall–Kier alpha value is -2.11. The van der Waals surface area contributed by atoms with E-state index in [4.69, 9.17) is 11.6 Å². The highest BCUT2D eigenvalue weighted by Gasteiger charge is 2.20. The number of hydrogen-bond donors (Lipinski definition) is 2. The molecule has 3 aromatic rings. The Kier molecular flexibility index (Phi) is 3.47. The second kappa shape index (κ2) is 5.51. The van der Waals surface area contributed by atoms with Gasteiger partial charge >= 0.3 is 5.69 Å². The molecule has 0 amide bonds. The molecule has 0 aliphatic carbocycles. The molecule has 0 spiro atoms. The van der Waals surface area contributed by atoms with E-state index in [1.54, 1.807) is 10.8 Å². The number of aromatic amines is 1. The lowest BCUT2D eigenvalue weighted by Gasteiger charge is -2.27. The minimum atomic E-state index is -0.117. The second-order valence-corrected chi connectivity index (χ2v) is 6.39. The van der Waals surface area contributed by atoms with E-state index in [0.717, 1.165) is 40.2 Å². The molecule has 0 bridgehead atoms. The van der Waals surface area contributed by atoms with Crippen molar-refractivity contribution in [1.29, 1.82) is 0 Å². The summed E-state index contributed by atoms with van der Waals surface area (Å²) in [7, 11) is 0. The Morgan fingerprint density at radius 3 is 3.00 bits per heavy atom. The summed E-state index contributed by atoms with van der Waals surface area (Å²) in [6.07, 6.45) is 2.85. The van der Waals surface area contributed by atoms with Crippen molar-refractivity contribution in [3.63, 3.8) is 0 Å². The third-order valence-corrected chi connectivity index (χ3v) is 4.96. The van der Waals surface area contributed by atoms with Gasteiger partial charge in [-0.05, 0) is 31.5 Å². The topological polar surface area (TPSA) is 62.7 Å². The first kappa shape index (κ1) is 14.5. The normalized spacial score (nSPS) is 17.4. The van der Waals surface area contributed by atoms with E-state index in [2.05, 4.69) is 15.3 Å². The van der Waals surface area contributed by atoms with Gasteiger partial charge in [-0.1, -0.05) is 29.8 Å². The van der Waals surface area contributed by atoms with E-state index in [0.29, 0.717) is 18.2 Å². The number of aromatic nitrogens is 3. The molecule has 1 aliphatic heterocycles. The predicted octanol–water partition coefficient (Wildman–Crippen LogP) is 2.72. The Labute approximate surface area is 138 Å². The summed E-state index contributed by atoms with van der Waals surface area (Å²) in [5.41, 5.74) is 4.19. The van der Waals surface area contributed by atoms with Crippen molar-refractivity contribution >= 4 is 22.8 Å². The molecule has 1 fully saturated rings. The number of nitrogens with one attached hydrogen (secondary N) is 2. The number of halogens is 1. The highest BCUT2D eigenvalue weighted by atomic mass is 35.5. The second-order valence-electron chi connectivity index (χ2n) is 6.01. The van der Waals surface area contributed by atoms with Crippen molar-refractivity contribution in [2.24, 2.45) is 0 Å². The molecule has 1 saturated heterocycles. The molecule has 1 aromatic carbocycles. The van der Waals surface area contributed by atoms with E-state index in [9.17, 15) is 4.79 Å². The third-order valence-electron chi connectivity index (χ3n) is 4.46. The molecular formula is C17H17ClN4O. The van der Waals surface area contributed by atoms with Gasteiger partial charge in [0.1, 0.15) is 0 Å². The summed E-state index contributed by atoms with van der Waals surface area (Å²) >= 11 is 6.43. The summed E-state index contributed by atoms with van der Waals surface area (Å²) in [6.45, 7) is 3.65. The van der Waals surface area contributed by atoms with Crippen LogP contribution in [0.15, 0.2) is 35.3 Å². The molecule has 2 aromatic heterocycles. The van der Waals surface area contributed by atoms with Gasteiger partial charge in [0.15, 0.2) is 5.65 Å². The Bertz CT molecular complexity index is 939. The minimum absolute atomic E-state index is 0.117. The predicted molar refractivity (Wildman–Crippen MR) is 91.9 cm³/mol. The molecule has 0 radical (unpaired) electrons. The average molecular weight is 329 g/mol. The molecule has 1 unspecified atom stereocenters. The summed E-state index contributed by atoms with van der Waals surface area (Å²) in [6, 6.07) is 8.27. The number of fused-ring (bicyclic) bond motifs is 1. The van der Waals surface area contributed by atoms with Crippen molar-refractivity contribution in [3.8, 4) is 11.1 Å². The average Bonchev–Trinajstić information content (AvgIpc) is 2.80. The van der Waals surface area contributed by atoms with Crippen LogP contribution in [0.25, 0.3) is 22.3 Å². The van der Waals surface area contributed by atoms with Gasteiger partial charge in [0, 0.05) is 29.9 Å². The van der Waals surface area contributed by atoms with Crippen LogP contribution in [0.5, 0.6) is 0 Å². The first-order valence-electron chi connectivity index (χ1n) is 7.71. The SMILES string of the molecule is Cc1cccc(-c2cnc3[nH]c(=O)n(CC4CCN4)c3c2)c1Cl. The largest absolute Gasteiger partial charge is 0.327 e. The molecule has 0 saturated carbocycles. The van der Waals surface area contributed by atoms with Gasteiger partial charge in [0.2, 0.25) is 0 Å². The fraction of sp³-hybridized carbons (Fsp3) is 0.294. The van der Waals surface area contributed by atoms with E-state index in [-0.39, 0.29) is 5.69 Å². The number of aryl methyl sites for hydroxylation is 1. The van der Waals surface area contributed by atoms with Crippen LogP contribution >= 0.6 is 11.6 Å². The lowest BCUT2D eigenvalue weighted by atomic mass is 10.0. The maximum Gasteiger partial charge on any atom is 0.327 e. The molecule has 3 heterocycles. The lowest BCUT2D eigenvalue weighted by Crippen LogP contribution is -2.46. The monoisotopic (exact) mass is 328 g/mol. The first-order chi connectivity index (χ1) is 11.1. The van der Waals surface area contributed by atoms with Crippen LogP contribution in [-0.4, -0.2) is 27.1 Å². The molecule has 6 heteroatoms. The maximum atomic E-state index is 12.2. The molecule has 23 heavy (non-hydrogen) atoms. The number of H-pyrrole nitrogens is 1. The lowest BCUT2D eigenvalue weighted by molar-refractivity contribution is 0.331. The molecular weight excluding hydrogens is 312 g/mol. The molecule has 1 atom stereocenters. The number of rotatable bonds is 3. The van der Waals surface area contributed by atoms with Crippen LogP contribution in [0, 0.1) is 6.92 Å². The Morgan fingerprint density at radius 1 is 1.43 bits per heavy atom. The van der Waals surface area contributed by atoms with Crippen molar-refractivity contribution in [2.75, 3.05) is 6.54 Å². The van der Waals surface area contributed by atoms with Gasteiger partial charge in [0.25, 0.3) is 0 Å². The van der Waals surface area contributed by atoms with E-state index in [1.165, 1.54) is 0 Å².